The molecule has 8 heteroatoms. The highest BCUT2D eigenvalue weighted by atomic mass is 16.6. The molecule has 34 heavy (non-hydrogen) atoms. The first-order valence-corrected chi connectivity index (χ1v) is 12.2. The molecule has 188 valence electrons. The second-order valence-corrected chi connectivity index (χ2v) is 11.3. The van der Waals surface area contributed by atoms with E-state index in [2.05, 4.69) is 13.8 Å². The lowest BCUT2D eigenvalue weighted by molar-refractivity contribution is -0.190. The predicted octanol–water partition coefficient (Wildman–Crippen LogP) is 3.16. The Morgan fingerprint density at radius 3 is 2.21 bits per heavy atom. The van der Waals surface area contributed by atoms with Gasteiger partial charge in [0.05, 0.1) is 12.5 Å². The van der Waals surface area contributed by atoms with Crippen molar-refractivity contribution in [1.82, 2.24) is 0 Å². The summed E-state index contributed by atoms with van der Waals surface area (Å²) in [5.74, 6) is -2.61. The summed E-state index contributed by atoms with van der Waals surface area (Å²) < 4.78 is 23.5. The van der Waals surface area contributed by atoms with E-state index < -0.39 is 47.2 Å². The van der Waals surface area contributed by atoms with Gasteiger partial charge in [-0.2, -0.15) is 0 Å². The number of esters is 3. The lowest BCUT2D eigenvalue weighted by Crippen LogP contribution is -2.58. The molecule has 1 spiro atoms. The lowest BCUT2D eigenvalue weighted by Gasteiger charge is -2.41. The number of hydrogen-bond donors (Lipinski definition) is 0. The number of epoxide rings is 1. The molecule has 0 aromatic rings. The fourth-order valence-corrected chi connectivity index (χ4v) is 6.78. The summed E-state index contributed by atoms with van der Waals surface area (Å²) in [6, 6.07) is 0. The third kappa shape index (κ3) is 3.97. The highest BCUT2D eigenvalue weighted by Crippen LogP contribution is 2.64. The van der Waals surface area contributed by atoms with Gasteiger partial charge in [0.1, 0.15) is 17.8 Å². The first kappa shape index (κ1) is 24.9. The zero-order chi connectivity index (χ0) is 25.2. The van der Waals surface area contributed by atoms with E-state index >= 15 is 0 Å². The minimum absolute atomic E-state index is 0.0327. The Bertz CT molecular complexity index is 944. The van der Waals surface area contributed by atoms with Crippen LogP contribution in [-0.4, -0.2) is 53.7 Å². The van der Waals surface area contributed by atoms with Crippen LogP contribution < -0.4 is 0 Å². The van der Waals surface area contributed by atoms with Crippen molar-refractivity contribution in [2.24, 2.45) is 29.1 Å². The van der Waals surface area contributed by atoms with E-state index in [4.69, 9.17) is 18.9 Å². The zero-order valence-electron chi connectivity index (χ0n) is 21.1. The number of ketones is 1. The molecule has 1 heterocycles. The summed E-state index contributed by atoms with van der Waals surface area (Å²) in [6.45, 7) is 12.2. The molecular weight excluding hydrogens is 440 g/mol. The topological polar surface area (TPSA) is 108 Å². The summed E-state index contributed by atoms with van der Waals surface area (Å²) in [5.41, 5.74) is -1.90. The van der Waals surface area contributed by atoms with E-state index in [0.29, 0.717) is 24.5 Å². The monoisotopic (exact) mass is 476 g/mol. The van der Waals surface area contributed by atoms with Gasteiger partial charge in [-0.1, -0.05) is 26.8 Å². The Balaban J connectivity index is 1.92. The molecule has 0 aromatic carbocycles. The van der Waals surface area contributed by atoms with E-state index in [-0.39, 0.29) is 29.5 Å². The smallest absolute Gasteiger partial charge is 0.303 e. The van der Waals surface area contributed by atoms with Gasteiger partial charge in [0.15, 0.2) is 5.60 Å². The van der Waals surface area contributed by atoms with Crippen LogP contribution >= 0.6 is 0 Å². The normalized spacial score (nSPS) is 44.0. The molecule has 0 bridgehead atoms. The second kappa shape index (κ2) is 8.18. The van der Waals surface area contributed by atoms with Gasteiger partial charge in [0.2, 0.25) is 5.78 Å². The van der Waals surface area contributed by atoms with E-state index in [1.807, 2.05) is 13.0 Å². The standard InChI is InChI=1S/C26H36O8/c1-13-10-19-18(24(19,6)7)8-9-25(12-31-25)23(33-16(4)28)20-21(32-15(3)27)14(2)11-26(20,22(13)30)34-17(5)29/h10,14,18-21,23H,8-9,11-12H2,1-7H3/b13-10+/t14-,18-,19+,20+,21-,23?,25-,26+/m0/s1. The van der Waals surface area contributed by atoms with Gasteiger partial charge in [-0.15, -0.1) is 0 Å². The maximum absolute atomic E-state index is 14.2. The molecule has 0 N–H and O–H groups in total. The minimum Gasteiger partial charge on any atom is -0.462 e. The Labute approximate surface area is 200 Å². The second-order valence-electron chi connectivity index (χ2n) is 11.3. The number of rotatable bonds is 3. The molecule has 1 unspecified atom stereocenters. The van der Waals surface area contributed by atoms with Crippen LogP contribution in [0, 0.1) is 29.1 Å². The number of carbonyl (C=O) groups is 4. The zero-order valence-corrected chi connectivity index (χ0v) is 21.1. The molecule has 1 aliphatic heterocycles. The quantitative estimate of drug-likeness (QED) is 0.347. The highest BCUT2D eigenvalue weighted by Gasteiger charge is 2.71. The first-order valence-electron chi connectivity index (χ1n) is 12.2. The molecule has 0 amide bonds. The maximum Gasteiger partial charge on any atom is 0.303 e. The number of fused-ring (bicyclic) bond motifs is 2. The molecule has 0 radical (unpaired) electrons. The van der Waals surface area contributed by atoms with Gasteiger partial charge in [-0.05, 0) is 48.5 Å². The van der Waals surface area contributed by atoms with Gasteiger partial charge in [-0.25, -0.2) is 0 Å². The predicted molar refractivity (Wildman–Crippen MR) is 120 cm³/mol. The molecule has 3 fully saturated rings. The Hall–Kier alpha value is -2.22. The molecule has 8 nitrogen and oxygen atoms in total. The van der Waals surface area contributed by atoms with E-state index in [1.54, 1.807) is 6.92 Å². The summed E-state index contributed by atoms with van der Waals surface area (Å²) in [4.78, 5) is 50.9. The van der Waals surface area contributed by atoms with Gasteiger partial charge < -0.3 is 18.9 Å². The Morgan fingerprint density at radius 2 is 1.68 bits per heavy atom. The molecule has 8 atom stereocenters. The van der Waals surface area contributed by atoms with Crippen molar-refractivity contribution in [3.05, 3.63) is 11.6 Å². The number of allylic oxidation sites excluding steroid dienone is 1. The third-order valence-corrected chi connectivity index (χ3v) is 8.55. The summed E-state index contributed by atoms with van der Waals surface area (Å²) in [7, 11) is 0. The van der Waals surface area contributed by atoms with Crippen molar-refractivity contribution in [1.29, 1.82) is 0 Å². The van der Waals surface area contributed by atoms with E-state index in [1.165, 1.54) is 20.8 Å². The molecule has 3 aliphatic carbocycles. The summed E-state index contributed by atoms with van der Waals surface area (Å²) in [6.07, 6.45) is 1.94. The van der Waals surface area contributed by atoms with Crippen LogP contribution in [0.15, 0.2) is 11.6 Å². The molecule has 0 aromatic heterocycles. The van der Waals surface area contributed by atoms with Crippen LogP contribution in [0.4, 0.5) is 0 Å². The largest absolute Gasteiger partial charge is 0.462 e. The van der Waals surface area contributed by atoms with Gasteiger partial charge in [0, 0.05) is 27.2 Å². The number of Topliss-reactive ketones (excluding diaryl/α,β-unsaturated/α-hetero) is 1. The average Bonchev–Trinajstić information content (AvgIpc) is 3.56. The molecule has 1 saturated heterocycles. The van der Waals surface area contributed by atoms with Crippen molar-refractivity contribution in [3.63, 3.8) is 0 Å². The van der Waals surface area contributed by atoms with E-state index in [9.17, 15) is 19.2 Å². The summed E-state index contributed by atoms with van der Waals surface area (Å²) in [5, 5.41) is 0. The van der Waals surface area contributed by atoms with Crippen molar-refractivity contribution in [2.45, 2.75) is 91.1 Å². The van der Waals surface area contributed by atoms with Crippen LogP contribution in [0.1, 0.15) is 67.7 Å². The van der Waals surface area contributed by atoms with Crippen LogP contribution in [0.25, 0.3) is 0 Å². The SMILES string of the molecule is CC(=O)OC1[C@H]2[C@@H](OC(C)=O)[C@@H](C)C[C@]2(OC(C)=O)C(=O)/C(C)=C/[C@@H]2[C@H](CC[C@]13CO3)C2(C)C. The van der Waals surface area contributed by atoms with Crippen LogP contribution in [0.3, 0.4) is 0 Å². The molecular formula is C26H36O8. The highest BCUT2D eigenvalue weighted by molar-refractivity contribution is 6.03. The van der Waals surface area contributed by atoms with Crippen LogP contribution in [0.5, 0.6) is 0 Å². The van der Waals surface area contributed by atoms with Crippen molar-refractivity contribution in [3.8, 4) is 0 Å². The number of hydrogen-bond acceptors (Lipinski definition) is 8. The van der Waals surface area contributed by atoms with Gasteiger partial charge in [-0.3, -0.25) is 19.2 Å². The lowest BCUT2D eigenvalue weighted by atomic mass is 9.74. The summed E-state index contributed by atoms with van der Waals surface area (Å²) >= 11 is 0. The third-order valence-electron chi connectivity index (χ3n) is 8.55. The maximum atomic E-state index is 14.2. The van der Waals surface area contributed by atoms with Gasteiger partial charge in [0.25, 0.3) is 0 Å². The average molecular weight is 477 g/mol. The molecule has 4 rings (SSSR count). The van der Waals surface area contributed by atoms with Crippen LogP contribution in [-0.2, 0) is 38.1 Å². The van der Waals surface area contributed by atoms with E-state index in [0.717, 1.165) is 6.42 Å². The van der Waals surface area contributed by atoms with Crippen LogP contribution in [0.2, 0.25) is 0 Å². The molecule has 4 aliphatic rings. The first-order chi connectivity index (χ1) is 15.7. The fourth-order valence-electron chi connectivity index (χ4n) is 6.78. The Kier molecular flexibility index (Phi) is 5.99. The van der Waals surface area contributed by atoms with Crippen molar-refractivity contribution in [2.75, 3.05) is 6.61 Å². The minimum atomic E-state index is -1.64. The number of ether oxygens (including phenoxy) is 4. The Morgan fingerprint density at radius 1 is 1.06 bits per heavy atom. The van der Waals surface area contributed by atoms with Gasteiger partial charge >= 0.3 is 17.9 Å². The van der Waals surface area contributed by atoms with Crippen molar-refractivity contribution < 1.29 is 38.1 Å². The molecule has 2 saturated carbocycles. The number of carbonyl (C=O) groups excluding carboxylic acids is 4. The van der Waals surface area contributed by atoms with Crippen molar-refractivity contribution >= 4 is 23.7 Å². The fraction of sp³-hybridized carbons (Fsp3) is 0.769.